The van der Waals surface area contributed by atoms with Gasteiger partial charge in [0.1, 0.15) is 0 Å². The minimum atomic E-state index is 0.843. The van der Waals surface area contributed by atoms with E-state index < -0.39 is 0 Å². The zero-order valence-electron chi connectivity index (χ0n) is 13.6. The average Bonchev–Trinajstić information content (AvgIpc) is 2.46. The Labute approximate surface area is 128 Å². The fraction of sp³-hybridized carbons (Fsp3) is 0.333. The van der Waals surface area contributed by atoms with Gasteiger partial charge in [-0.2, -0.15) is 0 Å². The van der Waals surface area contributed by atoms with Crippen LogP contribution in [0.15, 0.2) is 42.5 Å². The number of nitrogens with zero attached hydrogens (tertiary/aromatic N) is 2. The molecule has 0 heterocycles. The molecule has 0 aliphatic rings. The molecule has 0 spiro atoms. The molecule has 0 saturated carbocycles. The van der Waals surface area contributed by atoms with Crippen LogP contribution in [0.1, 0.15) is 11.1 Å². The summed E-state index contributed by atoms with van der Waals surface area (Å²) in [7, 11) is 8.24. The molecular weight excluding hydrogens is 258 g/mol. The summed E-state index contributed by atoms with van der Waals surface area (Å²) in [5, 5.41) is 3.51. The van der Waals surface area contributed by atoms with E-state index in [2.05, 4.69) is 92.7 Å². The van der Waals surface area contributed by atoms with Crippen LogP contribution < -0.4 is 15.1 Å². The second-order valence-electron chi connectivity index (χ2n) is 5.81. The average molecular weight is 283 g/mol. The lowest BCUT2D eigenvalue weighted by atomic mass is 10.1. The van der Waals surface area contributed by atoms with Crippen molar-refractivity contribution in [3.8, 4) is 0 Å². The SMILES string of the molecule is Cc1cc(N(C)C)ccc1NCc1ccc(N(C)C)cc1. The van der Waals surface area contributed by atoms with E-state index in [4.69, 9.17) is 0 Å². The van der Waals surface area contributed by atoms with E-state index in [0.29, 0.717) is 0 Å². The van der Waals surface area contributed by atoms with Gasteiger partial charge in [-0.1, -0.05) is 12.1 Å². The number of hydrogen-bond acceptors (Lipinski definition) is 3. The van der Waals surface area contributed by atoms with E-state index in [1.54, 1.807) is 0 Å². The number of rotatable bonds is 5. The standard InChI is InChI=1S/C18H25N3/c1-14-12-17(21(4)5)10-11-18(14)19-13-15-6-8-16(9-7-15)20(2)3/h6-12,19H,13H2,1-5H3. The molecule has 0 unspecified atom stereocenters. The number of hydrogen-bond donors (Lipinski definition) is 1. The van der Waals surface area contributed by atoms with Gasteiger partial charge in [0.15, 0.2) is 0 Å². The Kier molecular flexibility index (Phi) is 4.73. The molecule has 0 aliphatic carbocycles. The van der Waals surface area contributed by atoms with Crippen molar-refractivity contribution in [2.24, 2.45) is 0 Å². The third-order valence-corrected chi connectivity index (χ3v) is 3.66. The smallest absolute Gasteiger partial charge is 0.0400 e. The molecule has 0 amide bonds. The van der Waals surface area contributed by atoms with Crippen LogP contribution in [-0.4, -0.2) is 28.2 Å². The van der Waals surface area contributed by atoms with E-state index in [1.807, 2.05) is 0 Å². The highest BCUT2D eigenvalue weighted by atomic mass is 15.1. The summed E-state index contributed by atoms with van der Waals surface area (Å²) < 4.78 is 0. The maximum absolute atomic E-state index is 3.51. The van der Waals surface area contributed by atoms with Gasteiger partial charge in [0.25, 0.3) is 0 Å². The lowest BCUT2D eigenvalue weighted by molar-refractivity contribution is 1.10. The number of aryl methyl sites for hydroxylation is 1. The molecule has 0 saturated heterocycles. The summed E-state index contributed by atoms with van der Waals surface area (Å²) in [5.41, 5.74) is 6.21. The molecule has 2 aromatic carbocycles. The van der Waals surface area contributed by atoms with E-state index in [-0.39, 0.29) is 0 Å². The normalized spacial score (nSPS) is 10.3. The number of anilines is 3. The Morgan fingerprint density at radius 2 is 1.38 bits per heavy atom. The molecule has 2 aromatic rings. The molecule has 0 radical (unpaired) electrons. The maximum Gasteiger partial charge on any atom is 0.0400 e. The van der Waals surface area contributed by atoms with Gasteiger partial charge in [-0.15, -0.1) is 0 Å². The first-order chi connectivity index (χ1) is 9.97. The zero-order chi connectivity index (χ0) is 15.4. The molecule has 112 valence electrons. The van der Waals surface area contributed by atoms with Gasteiger partial charge >= 0.3 is 0 Å². The van der Waals surface area contributed by atoms with E-state index >= 15 is 0 Å². The van der Waals surface area contributed by atoms with Crippen LogP contribution >= 0.6 is 0 Å². The van der Waals surface area contributed by atoms with Crippen LogP contribution in [0.4, 0.5) is 17.1 Å². The first-order valence-corrected chi connectivity index (χ1v) is 7.25. The maximum atomic E-state index is 3.51. The fourth-order valence-corrected chi connectivity index (χ4v) is 2.23. The van der Waals surface area contributed by atoms with Gasteiger partial charge in [0.2, 0.25) is 0 Å². The zero-order valence-corrected chi connectivity index (χ0v) is 13.6. The molecule has 3 nitrogen and oxygen atoms in total. The quantitative estimate of drug-likeness (QED) is 0.902. The van der Waals surface area contributed by atoms with Crippen LogP contribution in [0.3, 0.4) is 0 Å². The Hall–Kier alpha value is -2.16. The van der Waals surface area contributed by atoms with Crippen molar-refractivity contribution >= 4 is 17.1 Å². The second kappa shape index (κ2) is 6.53. The molecular formula is C18H25N3. The number of benzene rings is 2. The van der Waals surface area contributed by atoms with Gasteiger partial charge in [0, 0.05) is 51.8 Å². The highest BCUT2D eigenvalue weighted by Gasteiger charge is 2.02. The van der Waals surface area contributed by atoms with Crippen LogP contribution in [-0.2, 0) is 6.54 Å². The lowest BCUT2D eigenvalue weighted by Crippen LogP contribution is -2.09. The van der Waals surface area contributed by atoms with Gasteiger partial charge in [-0.3, -0.25) is 0 Å². The first-order valence-electron chi connectivity index (χ1n) is 7.25. The molecule has 0 aromatic heterocycles. The molecule has 3 heteroatoms. The van der Waals surface area contributed by atoms with Crippen LogP contribution in [0.2, 0.25) is 0 Å². The Morgan fingerprint density at radius 1 is 0.810 bits per heavy atom. The molecule has 0 bridgehead atoms. The summed E-state index contributed by atoms with van der Waals surface area (Å²) in [6, 6.07) is 15.1. The van der Waals surface area contributed by atoms with E-state index in [9.17, 15) is 0 Å². The van der Waals surface area contributed by atoms with Crippen molar-refractivity contribution in [2.75, 3.05) is 43.3 Å². The molecule has 0 fully saturated rings. The Balaban J connectivity index is 2.02. The van der Waals surface area contributed by atoms with Crippen molar-refractivity contribution in [3.05, 3.63) is 53.6 Å². The van der Waals surface area contributed by atoms with Crippen molar-refractivity contribution in [3.63, 3.8) is 0 Å². The predicted molar refractivity (Wildman–Crippen MR) is 93.6 cm³/mol. The van der Waals surface area contributed by atoms with Gasteiger partial charge in [-0.25, -0.2) is 0 Å². The van der Waals surface area contributed by atoms with Crippen molar-refractivity contribution < 1.29 is 0 Å². The summed E-state index contributed by atoms with van der Waals surface area (Å²) in [6.45, 7) is 2.99. The Bertz CT molecular complexity index is 586. The minimum Gasteiger partial charge on any atom is -0.381 e. The van der Waals surface area contributed by atoms with Crippen molar-refractivity contribution in [2.45, 2.75) is 13.5 Å². The monoisotopic (exact) mass is 283 g/mol. The summed E-state index contributed by atoms with van der Waals surface area (Å²) in [5.74, 6) is 0. The molecule has 2 rings (SSSR count). The van der Waals surface area contributed by atoms with Crippen molar-refractivity contribution in [1.29, 1.82) is 0 Å². The van der Waals surface area contributed by atoms with Gasteiger partial charge < -0.3 is 15.1 Å². The molecule has 21 heavy (non-hydrogen) atoms. The predicted octanol–water partition coefficient (Wildman–Crippen LogP) is 3.74. The van der Waals surface area contributed by atoms with E-state index in [1.165, 1.54) is 28.2 Å². The first kappa shape index (κ1) is 15.2. The molecule has 0 atom stereocenters. The third kappa shape index (κ3) is 3.91. The van der Waals surface area contributed by atoms with Crippen molar-refractivity contribution in [1.82, 2.24) is 0 Å². The van der Waals surface area contributed by atoms with Crippen LogP contribution in [0.5, 0.6) is 0 Å². The van der Waals surface area contributed by atoms with Gasteiger partial charge in [0.05, 0.1) is 0 Å². The topological polar surface area (TPSA) is 18.5 Å². The highest BCUT2D eigenvalue weighted by Crippen LogP contribution is 2.22. The summed E-state index contributed by atoms with van der Waals surface area (Å²) in [6.07, 6.45) is 0. The largest absolute Gasteiger partial charge is 0.381 e. The number of nitrogens with one attached hydrogen (secondary N) is 1. The molecule has 0 aliphatic heterocycles. The fourth-order valence-electron chi connectivity index (χ4n) is 2.23. The third-order valence-electron chi connectivity index (χ3n) is 3.66. The highest BCUT2D eigenvalue weighted by molar-refractivity contribution is 5.60. The minimum absolute atomic E-state index is 0.843. The summed E-state index contributed by atoms with van der Waals surface area (Å²) in [4.78, 5) is 4.23. The molecule has 1 N–H and O–H groups in total. The van der Waals surface area contributed by atoms with Crippen LogP contribution in [0, 0.1) is 6.92 Å². The second-order valence-corrected chi connectivity index (χ2v) is 5.81. The Morgan fingerprint density at radius 3 is 1.90 bits per heavy atom. The lowest BCUT2D eigenvalue weighted by Gasteiger charge is -2.16. The van der Waals surface area contributed by atoms with Crippen LogP contribution in [0.25, 0.3) is 0 Å². The van der Waals surface area contributed by atoms with Gasteiger partial charge in [-0.05, 0) is 48.4 Å². The summed E-state index contributed by atoms with van der Waals surface area (Å²) >= 11 is 0. The van der Waals surface area contributed by atoms with E-state index in [0.717, 1.165) is 6.54 Å².